The second kappa shape index (κ2) is 3.40. The standard InChI is InChI=1S/C9H13NO4/c1-5(8(13)14)4-9(2)6(11)3-7(12)10-9/h5H,3-4H2,1-2H3,(H,10,12)(H,13,14)/t5-,9+/m0/s1. The molecule has 1 fully saturated rings. The maximum Gasteiger partial charge on any atom is 0.306 e. The summed E-state index contributed by atoms with van der Waals surface area (Å²) in [7, 11) is 0. The summed E-state index contributed by atoms with van der Waals surface area (Å²) < 4.78 is 0. The molecule has 0 unspecified atom stereocenters. The lowest BCUT2D eigenvalue weighted by Crippen LogP contribution is -2.45. The van der Waals surface area contributed by atoms with Crippen LogP contribution >= 0.6 is 0 Å². The number of carbonyl (C=O) groups is 3. The second-order valence-electron chi connectivity index (χ2n) is 3.92. The highest BCUT2D eigenvalue weighted by Gasteiger charge is 2.43. The van der Waals surface area contributed by atoms with Crippen LogP contribution in [0.4, 0.5) is 0 Å². The van der Waals surface area contributed by atoms with Gasteiger partial charge in [-0.3, -0.25) is 14.4 Å². The molecular weight excluding hydrogens is 186 g/mol. The molecule has 0 aromatic rings. The highest BCUT2D eigenvalue weighted by molar-refractivity contribution is 6.10. The van der Waals surface area contributed by atoms with Crippen LogP contribution < -0.4 is 5.32 Å². The maximum absolute atomic E-state index is 11.4. The summed E-state index contributed by atoms with van der Waals surface area (Å²) in [6, 6.07) is 0. The molecule has 0 aromatic carbocycles. The number of carbonyl (C=O) groups excluding carboxylic acids is 2. The van der Waals surface area contributed by atoms with Gasteiger partial charge in [-0.05, 0) is 13.3 Å². The first-order chi connectivity index (χ1) is 6.35. The molecule has 0 spiro atoms. The summed E-state index contributed by atoms with van der Waals surface area (Å²) in [5.41, 5.74) is -0.991. The van der Waals surface area contributed by atoms with Crippen molar-refractivity contribution in [2.45, 2.75) is 32.2 Å². The molecule has 0 radical (unpaired) electrons. The van der Waals surface area contributed by atoms with Gasteiger partial charge in [-0.25, -0.2) is 0 Å². The maximum atomic E-state index is 11.4. The Bertz CT molecular complexity index is 299. The fourth-order valence-electron chi connectivity index (χ4n) is 1.63. The van der Waals surface area contributed by atoms with Gasteiger partial charge in [0.15, 0.2) is 5.78 Å². The third-order valence-corrected chi connectivity index (χ3v) is 2.49. The molecule has 1 aliphatic rings. The molecule has 5 nitrogen and oxygen atoms in total. The minimum Gasteiger partial charge on any atom is -0.481 e. The van der Waals surface area contributed by atoms with Gasteiger partial charge >= 0.3 is 5.97 Å². The lowest BCUT2D eigenvalue weighted by atomic mass is 9.88. The lowest BCUT2D eigenvalue weighted by Gasteiger charge is -2.23. The molecule has 1 saturated heterocycles. The van der Waals surface area contributed by atoms with Gasteiger partial charge in [-0.15, -0.1) is 0 Å². The molecule has 78 valence electrons. The van der Waals surface area contributed by atoms with Crippen LogP contribution in [0.5, 0.6) is 0 Å². The summed E-state index contributed by atoms with van der Waals surface area (Å²) in [6.45, 7) is 3.09. The minimum absolute atomic E-state index is 0.136. The van der Waals surface area contributed by atoms with Crippen LogP contribution in [0, 0.1) is 5.92 Å². The quantitative estimate of drug-likeness (QED) is 0.624. The number of hydrogen-bond acceptors (Lipinski definition) is 3. The van der Waals surface area contributed by atoms with Crippen molar-refractivity contribution in [3.05, 3.63) is 0 Å². The van der Waals surface area contributed by atoms with Gasteiger partial charge in [0, 0.05) is 0 Å². The molecule has 1 aliphatic heterocycles. The van der Waals surface area contributed by atoms with E-state index in [-0.39, 0.29) is 24.5 Å². The summed E-state index contributed by atoms with van der Waals surface area (Å²) in [5, 5.41) is 11.2. The van der Waals surface area contributed by atoms with Crippen molar-refractivity contribution in [1.82, 2.24) is 5.32 Å². The van der Waals surface area contributed by atoms with Crippen molar-refractivity contribution in [2.75, 3.05) is 0 Å². The van der Waals surface area contributed by atoms with Crippen LogP contribution in [-0.4, -0.2) is 28.3 Å². The van der Waals surface area contributed by atoms with E-state index in [0.717, 1.165) is 0 Å². The summed E-state index contributed by atoms with van der Waals surface area (Å²) >= 11 is 0. The second-order valence-corrected chi connectivity index (χ2v) is 3.92. The number of rotatable bonds is 3. The zero-order chi connectivity index (χ0) is 10.9. The van der Waals surface area contributed by atoms with E-state index in [1.165, 1.54) is 6.92 Å². The smallest absolute Gasteiger partial charge is 0.306 e. The highest BCUT2D eigenvalue weighted by Crippen LogP contribution is 2.23. The van der Waals surface area contributed by atoms with Gasteiger partial charge in [0.05, 0.1) is 17.9 Å². The van der Waals surface area contributed by atoms with Crippen molar-refractivity contribution in [3.63, 3.8) is 0 Å². The molecule has 1 amide bonds. The fraction of sp³-hybridized carbons (Fsp3) is 0.667. The summed E-state index contributed by atoms with van der Waals surface area (Å²) in [5.74, 6) is -2.15. The summed E-state index contributed by atoms with van der Waals surface area (Å²) in [4.78, 5) is 32.9. The van der Waals surface area contributed by atoms with Crippen LogP contribution in [-0.2, 0) is 14.4 Å². The van der Waals surface area contributed by atoms with E-state index in [2.05, 4.69) is 5.32 Å². The van der Waals surface area contributed by atoms with E-state index in [1.54, 1.807) is 6.92 Å². The van der Waals surface area contributed by atoms with E-state index in [9.17, 15) is 14.4 Å². The zero-order valence-corrected chi connectivity index (χ0v) is 8.16. The molecule has 14 heavy (non-hydrogen) atoms. The lowest BCUT2D eigenvalue weighted by molar-refractivity contribution is -0.142. The van der Waals surface area contributed by atoms with E-state index < -0.39 is 17.4 Å². The Hall–Kier alpha value is -1.39. The first-order valence-electron chi connectivity index (χ1n) is 4.42. The average Bonchev–Trinajstić information content (AvgIpc) is 2.25. The van der Waals surface area contributed by atoms with E-state index in [1.807, 2.05) is 0 Å². The molecular formula is C9H13NO4. The Labute approximate surface area is 81.5 Å². The largest absolute Gasteiger partial charge is 0.481 e. The molecule has 1 rings (SSSR count). The highest BCUT2D eigenvalue weighted by atomic mass is 16.4. The number of carboxylic acid groups (broad SMARTS) is 1. The number of Topliss-reactive ketones (excluding diaryl/α,β-unsaturated/α-hetero) is 1. The van der Waals surface area contributed by atoms with E-state index >= 15 is 0 Å². The third-order valence-electron chi connectivity index (χ3n) is 2.49. The van der Waals surface area contributed by atoms with E-state index in [4.69, 9.17) is 5.11 Å². The van der Waals surface area contributed by atoms with Crippen molar-refractivity contribution in [2.24, 2.45) is 5.92 Å². The predicted octanol–water partition coefficient (Wildman–Crippen LogP) is -0.0551. The Morgan fingerprint density at radius 3 is 2.57 bits per heavy atom. The molecule has 1 heterocycles. The molecule has 2 atom stereocenters. The van der Waals surface area contributed by atoms with Crippen molar-refractivity contribution < 1.29 is 19.5 Å². The van der Waals surface area contributed by atoms with Crippen LogP contribution in [0.25, 0.3) is 0 Å². The first-order valence-corrected chi connectivity index (χ1v) is 4.42. The van der Waals surface area contributed by atoms with Gasteiger partial charge in [-0.1, -0.05) is 6.92 Å². The monoisotopic (exact) mass is 199 g/mol. The van der Waals surface area contributed by atoms with Crippen LogP contribution in [0.15, 0.2) is 0 Å². The van der Waals surface area contributed by atoms with Crippen LogP contribution in [0.3, 0.4) is 0 Å². The Morgan fingerprint density at radius 1 is 1.64 bits per heavy atom. The molecule has 5 heteroatoms. The van der Waals surface area contributed by atoms with E-state index in [0.29, 0.717) is 0 Å². The zero-order valence-electron chi connectivity index (χ0n) is 8.16. The van der Waals surface area contributed by atoms with Gasteiger partial charge < -0.3 is 10.4 Å². The number of nitrogens with one attached hydrogen (secondary N) is 1. The normalized spacial score (nSPS) is 28.7. The van der Waals surface area contributed by atoms with Crippen LogP contribution in [0.1, 0.15) is 26.7 Å². The number of ketones is 1. The van der Waals surface area contributed by atoms with Crippen molar-refractivity contribution in [3.8, 4) is 0 Å². The Morgan fingerprint density at radius 2 is 2.21 bits per heavy atom. The van der Waals surface area contributed by atoms with Gasteiger partial charge in [0.25, 0.3) is 0 Å². The predicted molar refractivity (Wildman–Crippen MR) is 47.6 cm³/mol. The van der Waals surface area contributed by atoms with Crippen molar-refractivity contribution in [1.29, 1.82) is 0 Å². The van der Waals surface area contributed by atoms with Gasteiger partial charge in [0.2, 0.25) is 5.91 Å². The molecule has 0 aliphatic carbocycles. The van der Waals surface area contributed by atoms with Crippen molar-refractivity contribution >= 4 is 17.7 Å². The molecule has 0 aromatic heterocycles. The van der Waals surface area contributed by atoms with Gasteiger partial charge in [0.1, 0.15) is 0 Å². The number of carboxylic acids is 1. The summed E-state index contributed by atoms with van der Waals surface area (Å²) in [6.07, 6.45) is 0.00967. The van der Waals surface area contributed by atoms with Gasteiger partial charge in [-0.2, -0.15) is 0 Å². The Balaban J connectivity index is 2.72. The molecule has 0 bridgehead atoms. The van der Waals surface area contributed by atoms with Crippen LogP contribution in [0.2, 0.25) is 0 Å². The SMILES string of the molecule is C[C@@H](C[C@@]1(C)NC(=O)CC1=O)C(=O)O. The number of hydrogen-bond donors (Lipinski definition) is 2. The molecule has 2 N–H and O–H groups in total. The first kappa shape index (κ1) is 10.7. The molecule has 0 saturated carbocycles. The number of amides is 1. The third kappa shape index (κ3) is 1.92. The number of aliphatic carboxylic acids is 1. The Kier molecular flexibility index (Phi) is 2.59. The minimum atomic E-state index is -0.991. The topological polar surface area (TPSA) is 83.5 Å². The average molecular weight is 199 g/mol. The fourth-order valence-corrected chi connectivity index (χ4v) is 1.63.